The first kappa shape index (κ1) is 13.7. The van der Waals surface area contributed by atoms with Crippen LogP contribution in [0.4, 0.5) is 0 Å². The van der Waals surface area contributed by atoms with Crippen LogP contribution in [0.5, 0.6) is 11.5 Å². The molecular weight excluding hydrogens is 260 g/mol. The summed E-state index contributed by atoms with van der Waals surface area (Å²) >= 11 is 5.36. The number of nitrogens with one attached hydrogen (secondary N) is 1. The number of allylic oxidation sites excluding steroid dienone is 2. The van der Waals surface area contributed by atoms with E-state index in [1.165, 1.54) is 5.57 Å². The zero-order valence-corrected chi connectivity index (χ0v) is 12.4. The van der Waals surface area contributed by atoms with Crippen molar-refractivity contribution in [2.75, 3.05) is 14.2 Å². The Balaban J connectivity index is 2.62. The SMILES string of the molecule is COc1cc2[nH]c(=S)n(CC=C(C)C)c2cc1OC. The van der Waals surface area contributed by atoms with E-state index in [-0.39, 0.29) is 0 Å². The maximum atomic E-state index is 5.36. The lowest BCUT2D eigenvalue weighted by Gasteiger charge is -2.08. The van der Waals surface area contributed by atoms with Gasteiger partial charge in [0.05, 0.1) is 25.3 Å². The van der Waals surface area contributed by atoms with Gasteiger partial charge in [-0.3, -0.25) is 0 Å². The number of hydrogen-bond acceptors (Lipinski definition) is 3. The summed E-state index contributed by atoms with van der Waals surface area (Å²) in [7, 11) is 3.25. The van der Waals surface area contributed by atoms with Crippen LogP contribution in [0.15, 0.2) is 23.8 Å². The number of H-pyrrole nitrogens is 1. The van der Waals surface area contributed by atoms with Crippen LogP contribution in [0.2, 0.25) is 0 Å². The molecule has 0 saturated carbocycles. The molecule has 0 saturated heterocycles. The van der Waals surface area contributed by atoms with Gasteiger partial charge in [0, 0.05) is 18.7 Å². The first-order valence-electron chi connectivity index (χ1n) is 6.04. The highest BCUT2D eigenvalue weighted by Gasteiger charge is 2.10. The quantitative estimate of drug-likeness (QED) is 0.685. The topological polar surface area (TPSA) is 39.2 Å². The van der Waals surface area contributed by atoms with Gasteiger partial charge in [-0.15, -0.1) is 0 Å². The van der Waals surface area contributed by atoms with Crippen LogP contribution in [-0.4, -0.2) is 23.8 Å². The second kappa shape index (κ2) is 5.48. The van der Waals surface area contributed by atoms with Gasteiger partial charge in [-0.25, -0.2) is 0 Å². The van der Waals surface area contributed by atoms with Crippen molar-refractivity contribution in [3.05, 3.63) is 28.6 Å². The molecule has 1 heterocycles. The number of ether oxygens (including phenoxy) is 2. The molecule has 0 aliphatic rings. The predicted octanol–water partition coefficient (Wildman–Crippen LogP) is 3.68. The van der Waals surface area contributed by atoms with Crippen molar-refractivity contribution in [2.24, 2.45) is 0 Å². The lowest BCUT2D eigenvalue weighted by atomic mass is 10.2. The van der Waals surface area contributed by atoms with Gasteiger partial charge >= 0.3 is 0 Å². The van der Waals surface area contributed by atoms with Gasteiger partial charge in [0.15, 0.2) is 16.3 Å². The Labute approximate surface area is 117 Å². The molecule has 0 aliphatic heterocycles. The molecule has 0 spiro atoms. The average molecular weight is 278 g/mol. The Morgan fingerprint density at radius 2 is 1.89 bits per heavy atom. The number of imidazole rings is 1. The first-order valence-corrected chi connectivity index (χ1v) is 6.45. The number of methoxy groups -OCH3 is 2. The lowest BCUT2D eigenvalue weighted by Crippen LogP contribution is -1.96. The Kier molecular flexibility index (Phi) is 3.95. The standard InChI is InChI=1S/C14H18N2O2S/c1-9(2)5-6-16-11-8-13(18-4)12(17-3)7-10(11)15-14(16)19/h5,7-8H,6H2,1-4H3,(H,15,19). The van der Waals surface area contributed by atoms with Gasteiger partial charge in [0.2, 0.25) is 0 Å². The van der Waals surface area contributed by atoms with Gasteiger partial charge in [-0.1, -0.05) is 11.6 Å². The molecule has 1 aromatic carbocycles. The maximum absolute atomic E-state index is 5.36. The summed E-state index contributed by atoms with van der Waals surface area (Å²) in [5, 5.41) is 0. The number of aromatic nitrogens is 2. The Bertz CT molecular complexity index is 679. The van der Waals surface area contributed by atoms with Crippen LogP contribution in [0.1, 0.15) is 13.8 Å². The number of benzene rings is 1. The molecule has 1 N–H and O–H groups in total. The lowest BCUT2D eigenvalue weighted by molar-refractivity contribution is 0.355. The van der Waals surface area contributed by atoms with E-state index in [4.69, 9.17) is 21.7 Å². The molecule has 1 aromatic heterocycles. The fourth-order valence-electron chi connectivity index (χ4n) is 1.94. The molecule has 5 heteroatoms. The van der Waals surface area contributed by atoms with Gasteiger partial charge in [0.25, 0.3) is 0 Å². The van der Waals surface area contributed by atoms with Crippen LogP contribution in [0, 0.1) is 4.77 Å². The molecule has 0 bridgehead atoms. The smallest absolute Gasteiger partial charge is 0.178 e. The molecule has 0 atom stereocenters. The third-order valence-corrected chi connectivity index (χ3v) is 3.28. The van der Waals surface area contributed by atoms with E-state index in [2.05, 4.69) is 24.9 Å². The van der Waals surface area contributed by atoms with Crippen LogP contribution >= 0.6 is 12.2 Å². The number of aromatic amines is 1. The average Bonchev–Trinajstić information content (AvgIpc) is 2.69. The van der Waals surface area contributed by atoms with Crippen molar-refractivity contribution >= 4 is 23.3 Å². The molecule has 0 radical (unpaired) electrons. The van der Waals surface area contributed by atoms with Crippen molar-refractivity contribution in [1.82, 2.24) is 9.55 Å². The third kappa shape index (κ3) is 2.66. The highest BCUT2D eigenvalue weighted by atomic mass is 32.1. The first-order chi connectivity index (χ1) is 9.06. The van der Waals surface area contributed by atoms with Crippen LogP contribution in [0.3, 0.4) is 0 Å². The van der Waals surface area contributed by atoms with Gasteiger partial charge in [-0.2, -0.15) is 0 Å². The molecule has 2 rings (SSSR count). The predicted molar refractivity (Wildman–Crippen MR) is 79.7 cm³/mol. The van der Waals surface area contributed by atoms with E-state index in [1.807, 2.05) is 16.7 Å². The zero-order valence-electron chi connectivity index (χ0n) is 11.6. The summed E-state index contributed by atoms with van der Waals surface area (Å²) in [6, 6.07) is 3.85. The van der Waals surface area contributed by atoms with Crippen LogP contribution in [0.25, 0.3) is 11.0 Å². The van der Waals surface area contributed by atoms with Gasteiger partial charge < -0.3 is 19.0 Å². The molecule has 0 aliphatic carbocycles. The van der Waals surface area contributed by atoms with Gasteiger partial charge in [-0.05, 0) is 26.1 Å². The highest BCUT2D eigenvalue weighted by molar-refractivity contribution is 7.71. The largest absolute Gasteiger partial charge is 0.493 e. The number of rotatable bonds is 4. The molecule has 19 heavy (non-hydrogen) atoms. The zero-order chi connectivity index (χ0) is 14.0. The van der Waals surface area contributed by atoms with E-state index >= 15 is 0 Å². The second-order valence-electron chi connectivity index (χ2n) is 4.55. The summed E-state index contributed by atoms with van der Waals surface area (Å²) in [5.41, 5.74) is 3.22. The monoisotopic (exact) mass is 278 g/mol. The maximum Gasteiger partial charge on any atom is 0.178 e. The summed E-state index contributed by atoms with van der Waals surface area (Å²) < 4.78 is 13.4. The minimum absolute atomic E-state index is 0.695. The molecule has 4 nitrogen and oxygen atoms in total. The van der Waals surface area contributed by atoms with Crippen molar-refractivity contribution in [2.45, 2.75) is 20.4 Å². The van der Waals surface area contributed by atoms with Crippen molar-refractivity contribution < 1.29 is 9.47 Å². The summed E-state index contributed by atoms with van der Waals surface area (Å²) in [5.74, 6) is 1.40. The molecular formula is C14H18N2O2S. The summed E-state index contributed by atoms with van der Waals surface area (Å²) in [4.78, 5) is 3.19. The van der Waals surface area contributed by atoms with E-state index in [0.29, 0.717) is 16.3 Å². The fraction of sp³-hybridized carbons (Fsp3) is 0.357. The molecule has 2 aromatic rings. The summed E-state index contributed by atoms with van der Waals surface area (Å²) in [6.07, 6.45) is 2.14. The van der Waals surface area contributed by atoms with E-state index in [9.17, 15) is 0 Å². The van der Waals surface area contributed by atoms with Gasteiger partial charge in [0.1, 0.15) is 0 Å². The molecule has 0 fully saturated rings. The Morgan fingerprint density at radius 1 is 1.26 bits per heavy atom. The molecule has 102 valence electrons. The number of nitrogens with zero attached hydrogens (tertiary/aromatic N) is 1. The minimum Gasteiger partial charge on any atom is -0.493 e. The Hall–Kier alpha value is -1.75. The second-order valence-corrected chi connectivity index (χ2v) is 4.93. The summed E-state index contributed by atoms with van der Waals surface area (Å²) in [6.45, 7) is 4.89. The normalized spacial score (nSPS) is 10.5. The molecule has 0 unspecified atom stereocenters. The molecule has 0 amide bonds. The Morgan fingerprint density at radius 3 is 2.47 bits per heavy atom. The van der Waals surface area contributed by atoms with Crippen LogP contribution in [-0.2, 0) is 6.54 Å². The van der Waals surface area contributed by atoms with Crippen molar-refractivity contribution in [3.8, 4) is 11.5 Å². The van der Waals surface area contributed by atoms with Crippen LogP contribution < -0.4 is 9.47 Å². The van der Waals surface area contributed by atoms with E-state index < -0.39 is 0 Å². The van der Waals surface area contributed by atoms with Crippen molar-refractivity contribution in [3.63, 3.8) is 0 Å². The fourth-order valence-corrected chi connectivity index (χ4v) is 2.22. The van der Waals surface area contributed by atoms with Crippen molar-refractivity contribution in [1.29, 1.82) is 0 Å². The minimum atomic E-state index is 0.695. The third-order valence-electron chi connectivity index (χ3n) is 2.96. The van der Waals surface area contributed by atoms with E-state index in [0.717, 1.165) is 17.6 Å². The highest BCUT2D eigenvalue weighted by Crippen LogP contribution is 2.31. The van der Waals surface area contributed by atoms with E-state index in [1.54, 1.807) is 14.2 Å². The number of hydrogen-bond donors (Lipinski definition) is 1. The number of fused-ring (bicyclic) bond motifs is 1.